The molecule has 1 saturated heterocycles. The highest BCUT2D eigenvalue weighted by Gasteiger charge is 2.39. The van der Waals surface area contributed by atoms with Crippen molar-refractivity contribution in [2.24, 2.45) is 23.0 Å². The van der Waals surface area contributed by atoms with E-state index in [9.17, 15) is 4.79 Å². The Kier molecular flexibility index (Phi) is 5.48. The van der Waals surface area contributed by atoms with Gasteiger partial charge in [-0.2, -0.15) is 0 Å². The largest absolute Gasteiger partial charge is 0.342 e. The molecule has 3 heteroatoms. The number of likely N-dealkylation sites (tertiary alicyclic amines) is 1. The fraction of sp³-hybridized carbons (Fsp3) is 0.941. The van der Waals surface area contributed by atoms with Crippen LogP contribution in [0.15, 0.2) is 0 Å². The van der Waals surface area contributed by atoms with E-state index in [1.54, 1.807) is 0 Å². The molecule has 1 saturated carbocycles. The third kappa shape index (κ3) is 3.36. The number of hydrogen-bond acceptors (Lipinski definition) is 2. The van der Waals surface area contributed by atoms with Crippen LogP contribution in [0.2, 0.25) is 0 Å². The summed E-state index contributed by atoms with van der Waals surface area (Å²) in [4.78, 5) is 14.9. The Morgan fingerprint density at radius 2 is 2.05 bits per heavy atom. The lowest BCUT2D eigenvalue weighted by Gasteiger charge is -2.32. The highest BCUT2D eigenvalue weighted by molar-refractivity contribution is 5.79. The van der Waals surface area contributed by atoms with E-state index in [2.05, 4.69) is 18.7 Å². The minimum atomic E-state index is 0.282. The van der Waals surface area contributed by atoms with E-state index in [1.807, 2.05) is 0 Å². The minimum Gasteiger partial charge on any atom is -0.342 e. The van der Waals surface area contributed by atoms with Crippen molar-refractivity contribution in [2.45, 2.75) is 65.2 Å². The SMILES string of the molecule is CCC1(CC)CCN(C(=O)C2CCCC(CCN)C2)C1. The summed E-state index contributed by atoms with van der Waals surface area (Å²) in [6, 6.07) is 0. The number of rotatable bonds is 5. The molecule has 2 atom stereocenters. The maximum absolute atomic E-state index is 12.8. The van der Waals surface area contributed by atoms with E-state index in [0.29, 0.717) is 17.2 Å². The number of carbonyl (C=O) groups is 1. The molecule has 1 aliphatic carbocycles. The Morgan fingerprint density at radius 3 is 2.65 bits per heavy atom. The van der Waals surface area contributed by atoms with Crippen LogP contribution in [-0.2, 0) is 4.79 Å². The first-order valence-corrected chi connectivity index (χ1v) is 8.63. The van der Waals surface area contributed by atoms with Crippen LogP contribution in [0.25, 0.3) is 0 Å². The normalized spacial score (nSPS) is 29.6. The van der Waals surface area contributed by atoms with E-state index in [-0.39, 0.29) is 5.92 Å². The predicted octanol–water partition coefficient (Wildman–Crippen LogP) is 3.18. The lowest BCUT2D eigenvalue weighted by atomic mass is 9.79. The third-order valence-corrected chi connectivity index (χ3v) is 5.96. The first-order chi connectivity index (χ1) is 9.64. The maximum Gasteiger partial charge on any atom is 0.225 e. The summed E-state index contributed by atoms with van der Waals surface area (Å²) in [5.74, 6) is 1.41. The molecule has 116 valence electrons. The highest BCUT2D eigenvalue weighted by atomic mass is 16.2. The van der Waals surface area contributed by atoms with Gasteiger partial charge in [-0.25, -0.2) is 0 Å². The molecule has 0 aromatic heterocycles. The van der Waals surface area contributed by atoms with Crippen molar-refractivity contribution >= 4 is 5.91 Å². The number of amides is 1. The number of nitrogens with zero attached hydrogens (tertiary/aromatic N) is 1. The zero-order valence-electron chi connectivity index (χ0n) is 13.4. The van der Waals surface area contributed by atoms with E-state index in [0.717, 1.165) is 38.9 Å². The summed E-state index contributed by atoms with van der Waals surface area (Å²) in [6.45, 7) is 7.30. The lowest BCUT2D eigenvalue weighted by molar-refractivity contribution is -0.136. The average molecular weight is 280 g/mol. The monoisotopic (exact) mass is 280 g/mol. The van der Waals surface area contributed by atoms with E-state index in [1.165, 1.54) is 32.1 Å². The molecule has 0 spiro atoms. The third-order valence-electron chi connectivity index (χ3n) is 5.96. The molecule has 1 amide bonds. The van der Waals surface area contributed by atoms with E-state index >= 15 is 0 Å². The van der Waals surface area contributed by atoms with Crippen LogP contribution in [0.1, 0.15) is 65.2 Å². The maximum atomic E-state index is 12.8. The zero-order chi connectivity index (χ0) is 14.6. The van der Waals surface area contributed by atoms with Crippen molar-refractivity contribution in [2.75, 3.05) is 19.6 Å². The first-order valence-electron chi connectivity index (χ1n) is 8.63. The molecule has 20 heavy (non-hydrogen) atoms. The second-order valence-electron chi connectivity index (χ2n) is 7.02. The summed E-state index contributed by atoms with van der Waals surface area (Å²) in [6.07, 6.45) is 9.36. The molecular weight excluding hydrogens is 248 g/mol. The molecule has 0 bridgehead atoms. The molecule has 2 rings (SSSR count). The molecule has 2 fully saturated rings. The van der Waals surface area contributed by atoms with Crippen LogP contribution in [0.3, 0.4) is 0 Å². The quantitative estimate of drug-likeness (QED) is 0.840. The molecule has 0 aromatic rings. The Balaban J connectivity index is 1.91. The molecular formula is C17H32N2O. The van der Waals surface area contributed by atoms with Crippen molar-refractivity contribution < 1.29 is 4.79 Å². The molecule has 1 heterocycles. The van der Waals surface area contributed by atoms with Gasteiger partial charge in [-0.15, -0.1) is 0 Å². The number of carbonyl (C=O) groups excluding carboxylic acids is 1. The van der Waals surface area contributed by atoms with Gasteiger partial charge < -0.3 is 10.6 Å². The summed E-state index contributed by atoms with van der Waals surface area (Å²) < 4.78 is 0. The fourth-order valence-electron chi connectivity index (χ4n) is 4.22. The molecule has 2 unspecified atom stereocenters. The molecule has 0 radical (unpaired) electrons. The van der Waals surface area contributed by atoms with Crippen LogP contribution < -0.4 is 5.73 Å². The molecule has 2 N–H and O–H groups in total. The van der Waals surface area contributed by atoms with Crippen LogP contribution in [0.4, 0.5) is 0 Å². The smallest absolute Gasteiger partial charge is 0.225 e. The second kappa shape index (κ2) is 6.93. The first kappa shape index (κ1) is 15.8. The Hall–Kier alpha value is -0.570. The van der Waals surface area contributed by atoms with Gasteiger partial charge in [0.1, 0.15) is 0 Å². The van der Waals surface area contributed by atoms with Gasteiger partial charge in [-0.3, -0.25) is 4.79 Å². The summed E-state index contributed by atoms with van der Waals surface area (Å²) in [5.41, 5.74) is 6.08. The van der Waals surface area contributed by atoms with Crippen LogP contribution in [-0.4, -0.2) is 30.4 Å². The second-order valence-corrected chi connectivity index (χ2v) is 7.02. The Morgan fingerprint density at radius 1 is 1.30 bits per heavy atom. The molecule has 0 aromatic carbocycles. The van der Waals surface area contributed by atoms with Crippen molar-refractivity contribution in [1.82, 2.24) is 4.90 Å². The van der Waals surface area contributed by atoms with Crippen molar-refractivity contribution in [3.05, 3.63) is 0 Å². The zero-order valence-corrected chi connectivity index (χ0v) is 13.4. The van der Waals surface area contributed by atoms with Crippen molar-refractivity contribution in [3.63, 3.8) is 0 Å². The lowest BCUT2D eigenvalue weighted by Crippen LogP contribution is -2.38. The minimum absolute atomic E-state index is 0.282. The molecule has 1 aliphatic heterocycles. The van der Waals surface area contributed by atoms with Crippen molar-refractivity contribution in [3.8, 4) is 0 Å². The fourth-order valence-corrected chi connectivity index (χ4v) is 4.22. The van der Waals surface area contributed by atoms with Crippen LogP contribution in [0.5, 0.6) is 0 Å². The predicted molar refractivity (Wildman–Crippen MR) is 83.3 cm³/mol. The van der Waals surface area contributed by atoms with E-state index in [4.69, 9.17) is 5.73 Å². The van der Waals surface area contributed by atoms with Gasteiger partial charge in [0.15, 0.2) is 0 Å². The standard InChI is InChI=1S/C17H32N2O/c1-3-17(4-2)9-11-19(13-17)16(20)15-7-5-6-14(12-15)8-10-18/h14-15H,3-13,18H2,1-2H3. The Labute approximate surface area is 124 Å². The van der Waals surface area contributed by atoms with Gasteiger partial charge in [0.2, 0.25) is 5.91 Å². The highest BCUT2D eigenvalue weighted by Crippen LogP contribution is 2.39. The van der Waals surface area contributed by atoms with Gasteiger partial charge in [-0.05, 0) is 56.4 Å². The van der Waals surface area contributed by atoms with Gasteiger partial charge in [0, 0.05) is 19.0 Å². The van der Waals surface area contributed by atoms with Gasteiger partial charge in [-0.1, -0.05) is 26.7 Å². The van der Waals surface area contributed by atoms with Gasteiger partial charge in [0.25, 0.3) is 0 Å². The summed E-state index contributed by atoms with van der Waals surface area (Å²) >= 11 is 0. The number of nitrogens with two attached hydrogens (primary N) is 1. The molecule has 2 aliphatic rings. The summed E-state index contributed by atoms with van der Waals surface area (Å²) in [7, 11) is 0. The van der Waals surface area contributed by atoms with Crippen LogP contribution in [0, 0.1) is 17.3 Å². The van der Waals surface area contributed by atoms with Gasteiger partial charge in [0.05, 0.1) is 0 Å². The Bertz CT molecular complexity index is 323. The number of hydrogen-bond donors (Lipinski definition) is 1. The topological polar surface area (TPSA) is 46.3 Å². The molecule has 3 nitrogen and oxygen atoms in total. The van der Waals surface area contributed by atoms with E-state index < -0.39 is 0 Å². The average Bonchev–Trinajstić information content (AvgIpc) is 2.92. The van der Waals surface area contributed by atoms with Gasteiger partial charge >= 0.3 is 0 Å². The summed E-state index contributed by atoms with van der Waals surface area (Å²) in [5, 5.41) is 0. The van der Waals surface area contributed by atoms with Crippen LogP contribution >= 0.6 is 0 Å². The van der Waals surface area contributed by atoms with Crippen molar-refractivity contribution in [1.29, 1.82) is 0 Å².